The molecule has 0 aliphatic carbocycles. The number of aldehydes is 1. The van der Waals surface area contributed by atoms with Crippen LogP contribution in [-0.4, -0.2) is 10.9 Å². The fourth-order valence-corrected chi connectivity index (χ4v) is 2.98. The van der Waals surface area contributed by atoms with Gasteiger partial charge in [0.2, 0.25) is 0 Å². The zero-order chi connectivity index (χ0) is 14.3. The second-order valence-electron chi connectivity index (χ2n) is 4.38. The lowest BCUT2D eigenvalue weighted by molar-refractivity contribution is -0.108. The summed E-state index contributed by atoms with van der Waals surface area (Å²) in [5.74, 6) is -0.466. The van der Waals surface area contributed by atoms with Crippen molar-refractivity contribution in [3.63, 3.8) is 0 Å². The third kappa shape index (κ3) is 1.78. The maximum atomic E-state index is 13.8. The van der Waals surface area contributed by atoms with Gasteiger partial charge in [-0.25, -0.2) is 4.39 Å². The van der Waals surface area contributed by atoms with E-state index in [2.05, 4.69) is 15.9 Å². The molecular weight excluding hydrogens is 325 g/mol. The van der Waals surface area contributed by atoms with Crippen LogP contribution >= 0.6 is 15.9 Å². The van der Waals surface area contributed by atoms with Crippen molar-refractivity contribution < 1.29 is 9.18 Å². The van der Waals surface area contributed by atoms with Crippen molar-refractivity contribution in [3.05, 3.63) is 56.9 Å². The predicted molar refractivity (Wildman–Crippen MR) is 79.4 cm³/mol. The summed E-state index contributed by atoms with van der Waals surface area (Å²) in [6.07, 6.45) is 0.730. The number of aromatic nitrogens is 1. The molecule has 0 unspecified atom stereocenters. The van der Waals surface area contributed by atoms with Crippen LogP contribution in [0.2, 0.25) is 0 Å². The molecule has 2 aromatic carbocycles. The van der Waals surface area contributed by atoms with Gasteiger partial charge in [-0.3, -0.25) is 4.79 Å². The van der Waals surface area contributed by atoms with Gasteiger partial charge in [0.1, 0.15) is 12.1 Å². The van der Waals surface area contributed by atoms with E-state index >= 15 is 0 Å². The predicted octanol–water partition coefficient (Wildman–Crippen LogP) is 3.26. The fourth-order valence-electron chi connectivity index (χ4n) is 2.42. The Hall–Kier alpha value is -2.01. The van der Waals surface area contributed by atoms with Crippen LogP contribution < -0.4 is 5.43 Å². The standard InChI is InChI=1S/C15H9BrFNO2/c16-13-11(17)6-5-10-14(13)18(7-8-19)12-4-2-1-3-9(12)15(10)20/h1-6,8H,7H2. The minimum Gasteiger partial charge on any atom is -0.332 e. The number of hydrogen-bond donors (Lipinski definition) is 0. The van der Waals surface area contributed by atoms with Gasteiger partial charge in [-0.1, -0.05) is 12.1 Å². The first-order valence-corrected chi connectivity index (χ1v) is 6.77. The highest BCUT2D eigenvalue weighted by Gasteiger charge is 2.15. The smallest absolute Gasteiger partial charge is 0.197 e. The van der Waals surface area contributed by atoms with Crippen LogP contribution in [0.3, 0.4) is 0 Å². The van der Waals surface area contributed by atoms with Crippen LogP contribution in [0.25, 0.3) is 21.8 Å². The van der Waals surface area contributed by atoms with Gasteiger partial charge in [-0.2, -0.15) is 0 Å². The number of hydrogen-bond acceptors (Lipinski definition) is 2. The second kappa shape index (κ2) is 4.83. The van der Waals surface area contributed by atoms with Crippen molar-refractivity contribution in [2.45, 2.75) is 6.54 Å². The molecule has 0 aliphatic rings. The maximum Gasteiger partial charge on any atom is 0.197 e. The van der Waals surface area contributed by atoms with E-state index < -0.39 is 5.82 Å². The molecule has 1 heterocycles. The lowest BCUT2D eigenvalue weighted by atomic mass is 10.1. The number of fused-ring (bicyclic) bond motifs is 2. The monoisotopic (exact) mass is 333 g/mol. The molecule has 0 radical (unpaired) electrons. The van der Waals surface area contributed by atoms with Gasteiger partial charge in [0.25, 0.3) is 0 Å². The largest absolute Gasteiger partial charge is 0.332 e. The van der Waals surface area contributed by atoms with Crippen LogP contribution in [0, 0.1) is 5.82 Å². The van der Waals surface area contributed by atoms with Gasteiger partial charge >= 0.3 is 0 Å². The third-order valence-corrected chi connectivity index (χ3v) is 4.03. The summed E-state index contributed by atoms with van der Waals surface area (Å²) in [6.45, 7) is 0.0549. The van der Waals surface area contributed by atoms with Gasteiger partial charge < -0.3 is 9.36 Å². The molecule has 0 atom stereocenters. The zero-order valence-electron chi connectivity index (χ0n) is 10.3. The Bertz CT molecular complexity index is 902. The first kappa shape index (κ1) is 13.0. The van der Waals surface area contributed by atoms with E-state index in [-0.39, 0.29) is 16.4 Å². The Labute approximate surface area is 121 Å². The first-order chi connectivity index (χ1) is 9.65. The summed E-state index contributed by atoms with van der Waals surface area (Å²) in [4.78, 5) is 23.4. The Morgan fingerprint density at radius 3 is 2.65 bits per heavy atom. The van der Waals surface area contributed by atoms with Crippen molar-refractivity contribution in [2.75, 3.05) is 0 Å². The van der Waals surface area contributed by atoms with Gasteiger partial charge in [-0.05, 0) is 40.2 Å². The van der Waals surface area contributed by atoms with Gasteiger partial charge in [0, 0.05) is 10.8 Å². The summed E-state index contributed by atoms with van der Waals surface area (Å²) in [6, 6.07) is 9.69. The van der Waals surface area contributed by atoms with E-state index in [1.54, 1.807) is 28.8 Å². The highest BCUT2D eigenvalue weighted by molar-refractivity contribution is 9.10. The molecular formula is C15H9BrFNO2. The third-order valence-electron chi connectivity index (χ3n) is 3.28. The number of halogens is 2. The van der Waals surface area contributed by atoms with Crippen molar-refractivity contribution >= 4 is 44.0 Å². The van der Waals surface area contributed by atoms with Crippen LogP contribution in [0.15, 0.2) is 45.7 Å². The Morgan fingerprint density at radius 2 is 1.90 bits per heavy atom. The minimum absolute atomic E-state index is 0.0549. The fraction of sp³-hybridized carbons (Fsp3) is 0.0667. The normalized spacial score (nSPS) is 11.1. The number of carbonyl (C=O) groups is 1. The summed E-state index contributed by atoms with van der Waals surface area (Å²) in [5.41, 5.74) is 0.850. The quantitative estimate of drug-likeness (QED) is 0.533. The molecule has 0 saturated heterocycles. The molecule has 5 heteroatoms. The Kier molecular flexibility index (Phi) is 3.14. The lowest BCUT2D eigenvalue weighted by Gasteiger charge is -2.14. The number of para-hydroxylation sites is 1. The molecule has 0 aliphatic heterocycles. The van der Waals surface area contributed by atoms with E-state index in [0.29, 0.717) is 21.8 Å². The van der Waals surface area contributed by atoms with Crippen molar-refractivity contribution in [1.29, 1.82) is 0 Å². The Balaban J connectivity index is 2.67. The number of nitrogens with zero attached hydrogens (tertiary/aromatic N) is 1. The molecule has 0 saturated carbocycles. The SMILES string of the molecule is O=CCn1c2ccccc2c(=O)c2ccc(F)c(Br)c21. The van der Waals surface area contributed by atoms with E-state index in [4.69, 9.17) is 0 Å². The molecule has 0 spiro atoms. The van der Waals surface area contributed by atoms with Crippen molar-refractivity contribution in [2.24, 2.45) is 0 Å². The summed E-state index contributed by atoms with van der Waals surface area (Å²) in [7, 11) is 0. The molecule has 0 N–H and O–H groups in total. The molecule has 3 rings (SSSR count). The number of pyridine rings is 1. The van der Waals surface area contributed by atoms with E-state index in [1.165, 1.54) is 12.1 Å². The van der Waals surface area contributed by atoms with Gasteiger partial charge in [0.05, 0.1) is 22.1 Å². The number of benzene rings is 2. The van der Waals surface area contributed by atoms with Crippen LogP contribution in [0.5, 0.6) is 0 Å². The van der Waals surface area contributed by atoms with E-state index in [9.17, 15) is 14.0 Å². The minimum atomic E-state index is -0.466. The van der Waals surface area contributed by atoms with Crippen LogP contribution in [0.4, 0.5) is 4.39 Å². The highest BCUT2D eigenvalue weighted by Crippen LogP contribution is 2.28. The molecule has 0 amide bonds. The Morgan fingerprint density at radius 1 is 1.15 bits per heavy atom. The zero-order valence-corrected chi connectivity index (χ0v) is 11.9. The van der Waals surface area contributed by atoms with Gasteiger partial charge in [-0.15, -0.1) is 0 Å². The van der Waals surface area contributed by atoms with Crippen molar-refractivity contribution in [1.82, 2.24) is 4.57 Å². The molecule has 1 aromatic heterocycles. The lowest BCUT2D eigenvalue weighted by Crippen LogP contribution is -2.13. The van der Waals surface area contributed by atoms with Crippen LogP contribution in [-0.2, 0) is 11.3 Å². The average Bonchev–Trinajstić information content (AvgIpc) is 2.47. The molecule has 3 nitrogen and oxygen atoms in total. The van der Waals surface area contributed by atoms with Crippen molar-refractivity contribution in [3.8, 4) is 0 Å². The molecule has 0 bridgehead atoms. The highest BCUT2D eigenvalue weighted by atomic mass is 79.9. The summed E-state index contributed by atoms with van der Waals surface area (Å²) >= 11 is 3.17. The molecule has 20 heavy (non-hydrogen) atoms. The van der Waals surface area contributed by atoms with E-state index in [1.807, 2.05) is 0 Å². The number of carbonyl (C=O) groups excluding carboxylic acids is 1. The summed E-state index contributed by atoms with van der Waals surface area (Å²) in [5, 5.41) is 0.902. The first-order valence-electron chi connectivity index (χ1n) is 5.98. The summed E-state index contributed by atoms with van der Waals surface area (Å²) < 4.78 is 15.6. The maximum absolute atomic E-state index is 13.8. The van der Waals surface area contributed by atoms with E-state index in [0.717, 1.165) is 6.29 Å². The topological polar surface area (TPSA) is 39.1 Å². The van der Waals surface area contributed by atoms with Gasteiger partial charge in [0.15, 0.2) is 5.43 Å². The molecule has 3 aromatic rings. The second-order valence-corrected chi connectivity index (χ2v) is 5.17. The molecule has 0 fully saturated rings. The van der Waals surface area contributed by atoms with Crippen LogP contribution in [0.1, 0.15) is 0 Å². The number of rotatable bonds is 2. The average molecular weight is 334 g/mol. The molecule has 100 valence electrons.